The van der Waals surface area contributed by atoms with E-state index < -0.39 is 28.0 Å². The van der Waals surface area contributed by atoms with E-state index >= 15 is 0 Å². The Balaban J connectivity index is 2.22. The number of ketones is 1. The zero-order chi connectivity index (χ0) is 15.6. The van der Waals surface area contributed by atoms with E-state index in [0.717, 1.165) is 6.07 Å². The third-order valence-electron chi connectivity index (χ3n) is 2.88. The summed E-state index contributed by atoms with van der Waals surface area (Å²) in [5.74, 6) is -2.88. The summed E-state index contributed by atoms with van der Waals surface area (Å²) in [5.41, 5.74) is 0.176. The normalized spacial score (nSPS) is 10.3. The van der Waals surface area contributed by atoms with Crippen molar-refractivity contribution in [1.82, 2.24) is 0 Å². The van der Waals surface area contributed by atoms with Crippen LogP contribution >= 0.6 is 0 Å². The SMILES string of the molecule is O=C(Cc1ccc([N+](=O)[O-])cc1)c1cc(O)c(F)cc1O. The Labute approximate surface area is 118 Å². The summed E-state index contributed by atoms with van der Waals surface area (Å²) in [6.07, 6.45) is -0.142. The second kappa shape index (κ2) is 5.58. The van der Waals surface area contributed by atoms with Gasteiger partial charge in [-0.1, -0.05) is 12.1 Å². The molecule has 2 rings (SSSR count). The topological polar surface area (TPSA) is 101 Å². The van der Waals surface area contributed by atoms with Crippen LogP contribution in [0.3, 0.4) is 0 Å². The molecule has 0 aromatic heterocycles. The minimum absolute atomic E-state index is 0.103. The van der Waals surface area contributed by atoms with Gasteiger partial charge in [0.25, 0.3) is 5.69 Å². The Morgan fingerprint density at radius 2 is 1.76 bits per heavy atom. The van der Waals surface area contributed by atoms with Crippen LogP contribution in [0.5, 0.6) is 11.5 Å². The second-order valence-electron chi connectivity index (χ2n) is 4.34. The van der Waals surface area contributed by atoms with Gasteiger partial charge in [0.1, 0.15) is 5.75 Å². The van der Waals surface area contributed by atoms with Crippen molar-refractivity contribution in [2.75, 3.05) is 0 Å². The minimum Gasteiger partial charge on any atom is -0.507 e. The fourth-order valence-corrected chi connectivity index (χ4v) is 1.79. The highest BCUT2D eigenvalue weighted by molar-refractivity contribution is 6.00. The van der Waals surface area contributed by atoms with Crippen molar-refractivity contribution in [2.24, 2.45) is 0 Å². The maximum atomic E-state index is 13.0. The largest absolute Gasteiger partial charge is 0.507 e. The molecule has 2 aromatic rings. The van der Waals surface area contributed by atoms with Crippen LogP contribution in [0.25, 0.3) is 0 Å². The molecule has 0 bridgehead atoms. The maximum absolute atomic E-state index is 13.0. The van der Waals surface area contributed by atoms with Crippen molar-refractivity contribution in [3.05, 3.63) is 63.5 Å². The Morgan fingerprint density at radius 3 is 2.33 bits per heavy atom. The summed E-state index contributed by atoms with van der Waals surface area (Å²) in [7, 11) is 0. The van der Waals surface area contributed by atoms with Gasteiger partial charge in [-0.05, 0) is 11.6 Å². The fraction of sp³-hybridized carbons (Fsp3) is 0.0714. The quantitative estimate of drug-likeness (QED) is 0.390. The number of aromatic hydroxyl groups is 2. The fourth-order valence-electron chi connectivity index (χ4n) is 1.79. The number of carbonyl (C=O) groups is 1. The number of carbonyl (C=O) groups excluding carboxylic acids is 1. The molecule has 0 unspecified atom stereocenters. The van der Waals surface area contributed by atoms with Gasteiger partial charge in [-0.2, -0.15) is 0 Å². The van der Waals surface area contributed by atoms with Gasteiger partial charge in [0.15, 0.2) is 17.3 Å². The molecule has 0 aliphatic heterocycles. The summed E-state index contributed by atoms with van der Waals surface area (Å²) in [6, 6.07) is 6.83. The first-order chi connectivity index (χ1) is 9.88. The van der Waals surface area contributed by atoms with Crippen LogP contribution in [0.4, 0.5) is 10.1 Å². The predicted octanol–water partition coefficient (Wildman–Crippen LogP) is 2.57. The third kappa shape index (κ3) is 3.14. The van der Waals surface area contributed by atoms with E-state index in [1.54, 1.807) is 0 Å². The number of hydrogen-bond acceptors (Lipinski definition) is 5. The van der Waals surface area contributed by atoms with Gasteiger partial charge in [0.2, 0.25) is 0 Å². The van der Waals surface area contributed by atoms with Crippen molar-refractivity contribution in [2.45, 2.75) is 6.42 Å². The van der Waals surface area contributed by atoms with Gasteiger partial charge >= 0.3 is 0 Å². The Hall–Kier alpha value is -2.96. The summed E-state index contributed by atoms with van der Waals surface area (Å²) in [5, 5.41) is 29.3. The Kier molecular flexibility index (Phi) is 3.84. The molecule has 0 saturated heterocycles. The monoisotopic (exact) mass is 291 g/mol. The zero-order valence-corrected chi connectivity index (χ0v) is 10.6. The van der Waals surface area contributed by atoms with E-state index in [9.17, 15) is 29.5 Å². The van der Waals surface area contributed by atoms with E-state index in [0.29, 0.717) is 11.6 Å². The van der Waals surface area contributed by atoms with Crippen LogP contribution in [-0.2, 0) is 6.42 Å². The number of phenols is 2. The standard InChI is InChI=1S/C14H10FNO5/c15-11-7-13(18)10(6-14(11)19)12(17)5-8-1-3-9(4-2-8)16(20)21/h1-4,6-7,18-19H,5H2. The molecule has 0 saturated carbocycles. The van der Waals surface area contributed by atoms with E-state index in [2.05, 4.69) is 0 Å². The summed E-state index contributed by atoms with van der Waals surface area (Å²) >= 11 is 0. The lowest BCUT2D eigenvalue weighted by Gasteiger charge is -2.05. The Bertz CT molecular complexity index is 712. The van der Waals surface area contributed by atoms with Gasteiger partial charge in [-0.15, -0.1) is 0 Å². The molecule has 0 fully saturated rings. The highest BCUT2D eigenvalue weighted by Gasteiger charge is 2.16. The zero-order valence-electron chi connectivity index (χ0n) is 10.6. The molecule has 0 amide bonds. The Morgan fingerprint density at radius 1 is 1.14 bits per heavy atom. The molecule has 0 aliphatic carbocycles. The van der Waals surface area contributed by atoms with Crippen LogP contribution in [-0.4, -0.2) is 20.9 Å². The lowest BCUT2D eigenvalue weighted by Crippen LogP contribution is -2.04. The molecule has 0 spiro atoms. The lowest BCUT2D eigenvalue weighted by molar-refractivity contribution is -0.384. The van der Waals surface area contributed by atoms with Gasteiger partial charge in [-0.25, -0.2) is 4.39 Å². The number of phenolic OH excluding ortho intramolecular Hbond substituents is 2. The number of benzene rings is 2. The molecule has 0 heterocycles. The number of halogens is 1. The van der Waals surface area contributed by atoms with E-state index in [1.807, 2.05) is 0 Å². The molecule has 2 N–H and O–H groups in total. The first kappa shape index (κ1) is 14.4. The predicted molar refractivity (Wildman–Crippen MR) is 70.9 cm³/mol. The first-order valence-corrected chi connectivity index (χ1v) is 5.86. The minimum atomic E-state index is -1.03. The average molecular weight is 291 g/mol. The van der Waals surface area contributed by atoms with Gasteiger partial charge in [0.05, 0.1) is 10.5 Å². The van der Waals surface area contributed by atoms with E-state index in [-0.39, 0.29) is 17.7 Å². The molecule has 108 valence electrons. The van der Waals surface area contributed by atoms with E-state index in [4.69, 9.17) is 0 Å². The van der Waals surface area contributed by atoms with Gasteiger partial charge < -0.3 is 10.2 Å². The number of nitrogens with zero attached hydrogens (tertiary/aromatic N) is 1. The average Bonchev–Trinajstić information content (AvgIpc) is 2.43. The summed E-state index contributed by atoms with van der Waals surface area (Å²) < 4.78 is 13.0. The molecular weight excluding hydrogens is 281 g/mol. The number of rotatable bonds is 4. The van der Waals surface area contributed by atoms with Crippen LogP contribution in [0.15, 0.2) is 36.4 Å². The number of Topliss-reactive ketones (excluding diaryl/α,β-unsaturated/α-hetero) is 1. The number of hydrogen-bond donors (Lipinski definition) is 2. The van der Waals surface area contributed by atoms with Crippen LogP contribution in [0.1, 0.15) is 15.9 Å². The molecule has 0 radical (unpaired) electrons. The molecular formula is C14H10FNO5. The van der Waals surface area contributed by atoms with Crippen LogP contribution in [0.2, 0.25) is 0 Å². The number of non-ortho nitro benzene ring substituents is 1. The first-order valence-electron chi connectivity index (χ1n) is 5.86. The summed E-state index contributed by atoms with van der Waals surface area (Å²) in [4.78, 5) is 21.9. The maximum Gasteiger partial charge on any atom is 0.269 e. The summed E-state index contributed by atoms with van der Waals surface area (Å²) in [6.45, 7) is 0. The van der Waals surface area contributed by atoms with Crippen molar-refractivity contribution in [3.8, 4) is 11.5 Å². The third-order valence-corrected chi connectivity index (χ3v) is 2.88. The highest BCUT2D eigenvalue weighted by Crippen LogP contribution is 2.27. The van der Waals surface area contributed by atoms with Crippen molar-refractivity contribution >= 4 is 11.5 Å². The molecule has 0 atom stereocenters. The molecule has 7 heteroatoms. The van der Waals surface area contributed by atoms with Crippen molar-refractivity contribution in [3.63, 3.8) is 0 Å². The second-order valence-corrected chi connectivity index (χ2v) is 4.34. The molecule has 0 aliphatic rings. The van der Waals surface area contributed by atoms with Crippen LogP contribution in [0, 0.1) is 15.9 Å². The van der Waals surface area contributed by atoms with E-state index in [1.165, 1.54) is 24.3 Å². The molecule has 2 aromatic carbocycles. The van der Waals surface area contributed by atoms with Crippen LogP contribution < -0.4 is 0 Å². The molecule has 21 heavy (non-hydrogen) atoms. The number of nitro groups is 1. The molecule has 6 nitrogen and oxygen atoms in total. The van der Waals surface area contributed by atoms with Crippen molar-refractivity contribution < 1.29 is 24.3 Å². The lowest BCUT2D eigenvalue weighted by atomic mass is 10.0. The highest BCUT2D eigenvalue weighted by atomic mass is 19.1. The van der Waals surface area contributed by atoms with Gasteiger partial charge in [0, 0.05) is 24.6 Å². The number of nitro benzene ring substituents is 1. The van der Waals surface area contributed by atoms with Gasteiger partial charge in [-0.3, -0.25) is 14.9 Å². The van der Waals surface area contributed by atoms with Crippen molar-refractivity contribution in [1.29, 1.82) is 0 Å². The smallest absolute Gasteiger partial charge is 0.269 e.